The van der Waals surface area contributed by atoms with Gasteiger partial charge in [0, 0.05) is 24.2 Å². The number of hydrogen-bond acceptors (Lipinski definition) is 2. The molecule has 1 heterocycles. The van der Waals surface area contributed by atoms with Gasteiger partial charge in [0.25, 0.3) is 0 Å². The average Bonchev–Trinajstić information content (AvgIpc) is 2.75. The van der Waals surface area contributed by atoms with E-state index in [0.717, 1.165) is 40.7 Å². The minimum absolute atomic E-state index is 0.147. The molecule has 0 spiro atoms. The normalized spacial score (nSPS) is 11.5. The molecule has 2 aromatic rings. The predicted molar refractivity (Wildman–Crippen MR) is 88.8 cm³/mol. The van der Waals surface area contributed by atoms with Crippen molar-refractivity contribution < 1.29 is 15.0 Å². The number of fused-ring (bicyclic) bond motifs is 1. The highest BCUT2D eigenvalue weighted by atomic mass is 16.4. The van der Waals surface area contributed by atoms with Crippen molar-refractivity contribution in [2.75, 3.05) is 6.61 Å². The third-order valence-electron chi connectivity index (χ3n) is 4.37. The van der Waals surface area contributed by atoms with Gasteiger partial charge < -0.3 is 14.8 Å². The largest absolute Gasteiger partial charge is 0.478 e. The minimum Gasteiger partial charge on any atom is -0.478 e. The van der Waals surface area contributed by atoms with E-state index >= 15 is 0 Å². The summed E-state index contributed by atoms with van der Waals surface area (Å²) in [6.45, 7) is 9.10. The maximum absolute atomic E-state index is 11.7. The van der Waals surface area contributed by atoms with E-state index in [4.69, 9.17) is 5.11 Å². The standard InChI is InChI=1S/C18H25NO3/c1-5-19-12(4)14(7-6-8-20)15-9-13(11(2)3)10-16(17(15)19)18(21)22/h9-11,20H,5-8H2,1-4H3,(H,21,22). The van der Waals surface area contributed by atoms with Gasteiger partial charge in [-0.15, -0.1) is 0 Å². The van der Waals surface area contributed by atoms with E-state index in [-0.39, 0.29) is 12.5 Å². The molecule has 22 heavy (non-hydrogen) atoms. The fourth-order valence-corrected chi connectivity index (χ4v) is 3.17. The van der Waals surface area contributed by atoms with Gasteiger partial charge in [-0.3, -0.25) is 0 Å². The highest BCUT2D eigenvalue weighted by Crippen LogP contribution is 2.33. The maximum atomic E-state index is 11.7. The SMILES string of the molecule is CCn1c(C)c(CCCO)c2cc(C(C)C)cc(C(=O)O)c21. The van der Waals surface area contributed by atoms with Gasteiger partial charge in [-0.2, -0.15) is 0 Å². The molecule has 0 aliphatic rings. The summed E-state index contributed by atoms with van der Waals surface area (Å²) in [5.74, 6) is -0.605. The van der Waals surface area contributed by atoms with Crippen molar-refractivity contribution in [3.63, 3.8) is 0 Å². The number of carboxylic acids is 1. The summed E-state index contributed by atoms with van der Waals surface area (Å²) >= 11 is 0. The highest BCUT2D eigenvalue weighted by Gasteiger charge is 2.21. The number of nitrogens with zero attached hydrogens (tertiary/aromatic N) is 1. The van der Waals surface area contributed by atoms with E-state index in [1.165, 1.54) is 0 Å². The monoisotopic (exact) mass is 303 g/mol. The van der Waals surface area contributed by atoms with Crippen molar-refractivity contribution in [1.29, 1.82) is 0 Å². The summed E-state index contributed by atoms with van der Waals surface area (Å²) in [7, 11) is 0. The number of aromatic carboxylic acids is 1. The molecule has 0 bridgehead atoms. The third kappa shape index (κ3) is 2.75. The molecule has 2 N–H and O–H groups in total. The second-order valence-corrected chi connectivity index (χ2v) is 6.06. The van der Waals surface area contributed by atoms with Gasteiger partial charge in [0.2, 0.25) is 0 Å². The summed E-state index contributed by atoms with van der Waals surface area (Å²) < 4.78 is 2.08. The smallest absolute Gasteiger partial charge is 0.337 e. The van der Waals surface area contributed by atoms with Crippen LogP contribution in [0.5, 0.6) is 0 Å². The molecule has 1 aromatic carbocycles. The maximum Gasteiger partial charge on any atom is 0.337 e. The van der Waals surface area contributed by atoms with Crippen molar-refractivity contribution in [3.8, 4) is 0 Å². The molecule has 4 nitrogen and oxygen atoms in total. The number of benzene rings is 1. The Bertz CT molecular complexity index is 698. The van der Waals surface area contributed by atoms with Crippen LogP contribution in [-0.4, -0.2) is 27.4 Å². The Labute approximate surface area is 131 Å². The first kappa shape index (κ1) is 16.6. The van der Waals surface area contributed by atoms with Crippen LogP contribution in [-0.2, 0) is 13.0 Å². The van der Waals surface area contributed by atoms with Gasteiger partial charge in [-0.05, 0) is 55.9 Å². The number of carboxylic acid groups (broad SMARTS) is 1. The van der Waals surface area contributed by atoms with Crippen LogP contribution in [0.3, 0.4) is 0 Å². The summed E-state index contributed by atoms with van der Waals surface area (Å²) in [6.07, 6.45) is 1.46. The lowest BCUT2D eigenvalue weighted by Crippen LogP contribution is -2.05. The lowest BCUT2D eigenvalue weighted by atomic mass is 9.95. The molecule has 0 aliphatic carbocycles. The molecule has 1 aromatic heterocycles. The minimum atomic E-state index is -0.881. The molecule has 0 saturated heterocycles. The Balaban J connectivity index is 2.84. The van der Waals surface area contributed by atoms with Crippen LogP contribution in [0, 0.1) is 6.92 Å². The van der Waals surface area contributed by atoms with Gasteiger partial charge in [0.15, 0.2) is 0 Å². The zero-order valence-electron chi connectivity index (χ0n) is 13.8. The van der Waals surface area contributed by atoms with Crippen molar-refractivity contribution in [1.82, 2.24) is 4.57 Å². The molecule has 120 valence electrons. The number of aromatic nitrogens is 1. The van der Waals surface area contributed by atoms with Crippen LogP contribution >= 0.6 is 0 Å². The summed E-state index contributed by atoms with van der Waals surface area (Å²) in [5.41, 5.74) is 4.50. The molecule has 0 fully saturated rings. The van der Waals surface area contributed by atoms with Crippen molar-refractivity contribution in [3.05, 3.63) is 34.5 Å². The Morgan fingerprint density at radius 2 is 2.00 bits per heavy atom. The van der Waals surface area contributed by atoms with Crippen molar-refractivity contribution in [2.24, 2.45) is 0 Å². The van der Waals surface area contributed by atoms with Gasteiger partial charge in [-0.1, -0.05) is 13.8 Å². The summed E-state index contributed by atoms with van der Waals surface area (Å²) in [5, 5.41) is 19.8. The number of aliphatic hydroxyl groups is 1. The van der Waals surface area contributed by atoms with Crippen LogP contribution in [0.1, 0.15) is 60.3 Å². The second-order valence-electron chi connectivity index (χ2n) is 6.06. The second kappa shape index (κ2) is 6.53. The first-order chi connectivity index (χ1) is 10.4. The van der Waals surface area contributed by atoms with E-state index < -0.39 is 5.97 Å². The number of aliphatic hydroxyl groups excluding tert-OH is 1. The first-order valence-corrected chi connectivity index (χ1v) is 7.92. The molecular weight excluding hydrogens is 278 g/mol. The highest BCUT2D eigenvalue weighted by molar-refractivity contribution is 6.04. The Morgan fingerprint density at radius 3 is 2.50 bits per heavy atom. The van der Waals surface area contributed by atoms with Crippen LogP contribution in [0.25, 0.3) is 10.9 Å². The number of carbonyl (C=O) groups is 1. The Hall–Kier alpha value is -1.81. The molecule has 0 amide bonds. The average molecular weight is 303 g/mol. The van der Waals surface area contributed by atoms with Gasteiger partial charge in [-0.25, -0.2) is 4.79 Å². The lowest BCUT2D eigenvalue weighted by Gasteiger charge is -2.11. The molecule has 0 saturated carbocycles. The zero-order valence-corrected chi connectivity index (χ0v) is 13.8. The lowest BCUT2D eigenvalue weighted by molar-refractivity contribution is 0.0698. The van der Waals surface area contributed by atoms with E-state index in [9.17, 15) is 9.90 Å². The molecule has 0 atom stereocenters. The third-order valence-corrected chi connectivity index (χ3v) is 4.37. The van der Waals surface area contributed by atoms with E-state index in [2.05, 4.69) is 24.5 Å². The summed E-state index contributed by atoms with van der Waals surface area (Å²) in [4.78, 5) is 11.7. The number of aryl methyl sites for hydroxylation is 2. The fraction of sp³-hybridized carbons (Fsp3) is 0.500. The Morgan fingerprint density at radius 1 is 1.32 bits per heavy atom. The van der Waals surface area contributed by atoms with Crippen LogP contribution in [0.4, 0.5) is 0 Å². The molecule has 4 heteroatoms. The van der Waals surface area contributed by atoms with Gasteiger partial charge >= 0.3 is 5.97 Å². The van der Waals surface area contributed by atoms with Crippen LogP contribution in [0.15, 0.2) is 12.1 Å². The Kier molecular flexibility index (Phi) is 4.91. The zero-order chi connectivity index (χ0) is 16.4. The molecule has 0 unspecified atom stereocenters. The fourth-order valence-electron chi connectivity index (χ4n) is 3.17. The molecule has 0 aliphatic heterocycles. The van der Waals surface area contributed by atoms with Crippen molar-refractivity contribution >= 4 is 16.9 Å². The molecule has 2 rings (SSSR count). The van der Waals surface area contributed by atoms with E-state index in [1.54, 1.807) is 6.07 Å². The summed E-state index contributed by atoms with van der Waals surface area (Å²) in [6, 6.07) is 3.93. The number of hydrogen-bond donors (Lipinski definition) is 2. The topological polar surface area (TPSA) is 62.5 Å². The van der Waals surface area contributed by atoms with Crippen LogP contribution in [0.2, 0.25) is 0 Å². The van der Waals surface area contributed by atoms with Crippen molar-refractivity contribution in [2.45, 2.75) is 53.0 Å². The quantitative estimate of drug-likeness (QED) is 0.855. The van der Waals surface area contributed by atoms with Gasteiger partial charge in [0.1, 0.15) is 0 Å². The van der Waals surface area contributed by atoms with E-state index in [1.807, 2.05) is 13.8 Å². The first-order valence-electron chi connectivity index (χ1n) is 7.92. The predicted octanol–water partition coefficient (Wildman–Crippen LogP) is 3.72. The van der Waals surface area contributed by atoms with E-state index in [0.29, 0.717) is 12.0 Å². The van der Waals surface area contributed by atoms with Crippen LogP contribution < -0.4 is 0 Å². The number of rotatable bonds is 6. The molecular formula is C18H25NO3. The molecule has 0 radical (unpaired) electrons. The van der Waals surface area contributed by atoms with Gasteiger partial charge in [0.05, 0.1) is 11.1 Å².